The molecule has 0 unspecified atom stereocenters. The third-order valence-corrected chi connectivity index (χ3v) is 5.76. The Kier molecular flexibility index (Phi) is 6.42. The van der Waals surface area contributed by atoms with Crippen LogP contribution in [0.15, 0.2) is 29.4 Å². The lowest BCUT2D eigenvalue weighted by molar-refractivity contribution is -0.119. The fraction of sp³-hybridized carbons (Fsp3) is 0.550. The number of carbonyl (C=O) groups excluding carboxylic acids is 1. The molecule has 1 N–H and O–H groups in total. The van der Waals surface area contributed by atoms with Crippen molar-refractivity contribution in [1.29, 1.82) is 0 Å². The lowest BCUT2D eigenvalue weighted by Crippen LogP contribution is -2.33. The fourth-order valence-corrected chi connectivity index (χ4v) is 3.96. The summed E-state index contributed by atoms with van der Waals surface area (Å²) in [5.74, 6) is 3.07. The van der Waals surface area contributed by atoms with Gasteiger partial charge in [-0.2, -0.15) is 0 Å². The van der Waals surface area contributed by atoms with E-state index in [0.717, 1.165) is 28.8 Å². The normalized spacial score (nSPS) is 15.0. The predicted molar refractivity (Wildman–Crippen MR) is 107 cm³/mol. The number of methoxy groups -OCH3 is 1. The van der Waals surface area contributed by atoms with Crippen LogP contribution in [0.5, 0.6) is 5.75 Å². The highest BCUT2D eigenvalue weighted by Crippen LogP contribution is 2.40. The highest BCUT2D eigenvalue weighted by Gasteiger charge is 2.30. The number of rotatable bonds is 9. The molecule has 3 rings (SSSR count). The number of benzene rings is 1. The van der Waals surface area contributed by atoms with Crippen LogP contribution >= 0.6 is 11.8 Å². The second-order valence-electron chi connectivity index (χ2n) is 7.21. The van der Waals surface area contributed by atoms with Crippen molar-refractivity contribution in [2.24, 2.45) is 5.92 Å². The molecule has 27 heavy (non-hydrogen) atoms. The number of ether oxygens (including phenoxy) is 1. The van der Waals surface area contributed by atoms with Gasteiger partial charge in [0, 0.05) is 12.5 Å². The number of aromatic nitrogens is 3. The van der Waals surface area contributed by atoms with Gasteiger partial charge in [0.15, 0.2) is 5.16 Å². The molecular formula is C20H28N4O2S. The van der Waals surface area contributed by atoms with Crippen LogP contribution in [0.2, 0.25) is 0 Å². The monoisotopic (exact) mass is 388 g/mol. The van der Waals surface area contributed by atoms with Gasteiger partial charge in [0.2, 0.25) is 5.91 Å². The molecule has 6 nitrogen and oxygen atoms in total. The van der Waals surface area contributed by atoms with Gasteiger partial charge in [-0.25, -0.2) is 0 Å². The number of hydrogen-bond acceptors (Lipinski definition) is 5. The van der Waals surface area contributed by atoms with E-state index in [0.29, 0.717) is 11.7 Å². The largest absolute Gasteiger partial charge is 0.497 e. The minimum atomic E-state index is -0.0323. The molecule has 0 radical (unpaired) electrons. The van der Waals surface area contributed by atoms with Crippen LogP contribution in [0.1, 0.15) is 57.0 Å². The summed E-state index contributed by atoms with van der Waals surface area (Å²) in [6, 6.07) is 7.83. The van der Waals surface area contributed by atoms with Crippen molar-refractivity contribution >= 4 is 17.7 Å². The molecule has 1 aliphatic rings. The Bertz CT molecular complexity index is 769. The summed E-state index contributed by atoms with van der Waals surface area (Å²) in [4.78, 5) is 12.6. The van der Waals surface area contributed by atoms with E-state index in [-0.39, 0.29) is 17.9 Å². The Labute approximate surface area is 165 Å². The zero-order valence-corrected chi connectivity index (χ0v) is 17.3. The SMILES string of the molecule is CCn1c(SCC(=O)N[C@@H](c2ccc(OC)cc2)C(C)C)nnc1C1CC1. The smallest absolute Gasteiger partial charge is 0.230 e. The highest BCUT2D eigenvalue weighted by molar-refractivity contribution is 7.99. The lowest BCUT2D eigenvalue weighted by Gasteiger charge is -2.23. The van der Waals surface area contributed by atoms with Crippen molar-refractivity contribution in [3.05, 3.63) is 35.7 Å². The van der Waals surface area contributed by atoms with Gasteiger partial charge in [-0.05, 0) is 43.4 Å². The minimum absolute atomic E-state index is 0.00754. The van der Waals surface area contributed by atoms with Gasteiger partial charge in [0.05, 0.1) is 18.9 Å². The molecule has 2 aromatic rings. The lowest BCUT2D eigenvalue weighted by atomic mass is 9.96. The molecule has 1 amide bonds. The van der Waals surface area contributed by atoms with Crippen molar-refractivity contribution in [1.82, 2.24) is 20.1 Å². The van der Waals surface area contributed by atoms with E-state index in [2.05, 4.69) is 40.9 Å². The second kappa shape index (κ2) is 8.78. The summed E-state index contributed by atoms with van der Waals surface area (Å²) in [6.45, 7) is 7.15. The topological polar surface area (TPSA) is 69.0 Å². The van der Waals surface area contributed by atoms with Crippen LogP contribution < -0.4 is 10.1 Å². The molecule has 1 fully saturated rings. The molecule has 0 bridgehead atoms. The van der Waals surface area contributed by atoms with E-state index in [9.17, 15) is 4.79 Å². The quantitative estimate of drug-likeness (QED) is 0.662. The van der Waals surface area contributed by atoms with E-state index in [4.69, 9.17) is 4.74 Å². The first-order valence-electron chi connectivity index (χ1n) is 9.52. The van der Waals surface area contributed by atoms with Crippen LogP contribution in [0.25, 0.3) is 0 Å². The molecule has 7 heteroatoms. The number of amides is 1. The molecule has 1 heterocycles. The van der Waals surface area contributed by atoms with E-state index >= 15 is 0 Å². The third-order valence-electron chi connectivity index (χ3n) is 4.79. The first kappa shape index (κ1) is 19.7. The van der Waals surface area contributed by atoms with Crippen molar-refractivity contribution in [2.45, 2.75) is 57.3 Å². The highest BCUT2D eigenvalue weighted by atomic mass is 32.2. The molecule has 1 atom stereocenters. The van der Waals surface area contributed by atoms with E-state index in [1.54, 1.807) is 7.11 Å². The summed E-state index contributed by atoms with van der Waals surface area (Å²) in [7, 11) is 1.65. The van der Waals surface area contributed by atoms with Gasteiger partial charge in [-0.3, -0.25) is 4.79 Å². The number of carbonyl (C=O) groups is 1. The van der Waals surface area contributed by atoms with Crippen molar-refractivity contribution < 1.29 is 9.53 Å². The Balaban J connectivity index is 1.61. The van der Waals surface area contributed by atoms with Crippen LogP contribution in [0.3, 0.4) is 0 Å². The molecule has 0 aliphatic heterocycles. The van der Waals surface area contributed by atoms with Crippen molar-refractivity contribution in [3.63, 3.8) is 0 Å². The van der Waals surface area contributed by atoms with Gasteiger partial charge in [0.25, 0.3) is 0 Å². The maximum atomic E-state index is 12.6. The maximum Gasteiger partial charge on any atom is 0.230 e. The Morgan fingerprint density at radius 1 is 1.30 bits per heavy atom. The average molecular weight is 389 g/mol. The van der Waals surface area contributed by atoms with Crippen LogP contribution in [0, 0.1) is 5.92 Å². The van der Waals surface area contributed by atoms with Gasteiger partial charge in [0.1, 0.15) is 11.6 Å². The zero-order chi connectivity index (χ0) is 19.4. The molecule has 146 valence electrons. The van der Waals surface area contributed by atoms with E-state index in [1.807, 2.05) is 24.3 Å². The van der Waals surface area contributed by atoms with Gasteiger partial charge in [-0.1, -0.05) is 37.7 Å². The van der Waals surface area contributed by atoms with Gasteiger partial charge in [-0.15, -0.1) is 10.2 Å². The van der Waals surface area contributed by atoms with E-state index in [1.165, 1.54) is 24.6 Å². The first-order valence-corrected chi connectivity index (χ1v) is 10.5. The predicted octanol–water partition coefficient (Wildman–Crippen LogP) is 3.79. The fourth-order valence-electron chi connectivity index (χ4n) is 3.14. The number of nitrogens with zero attached hydrogens (tertiary/aromatic N) is 3. The average Bonchev–Trinajstić information content (AvgIpc) is 3.44. The summed E-state index contributed by atoms with van der Waals surface area (Å²) in [6.07, 6.45) is 2.39. The third kappa shape index (κ3) is 4.83. The molecule has 0 spiro atoms. The molecule has 0 saturated heterocycles. The number of thioether (sulfide) groups is 1. The van der Waals surface area contributed by atoms with Gasteiger partial charge < -0.3 is 14.6 Å². The summed E-state index contributed by atoms with van der Waals surface area (Å²) >= 11 is 1.46. The molecular weight excluding hydrogens is 360 g/mol. The first-order chi connectivity index (χ1) is 13.0. The number of nitrogens with one attached hydrogen (secondary N) is 1. The standard InChI is InChI=1S/C20H28N4O2S/c1-5-24-19(15-6-7-15)22-23-20(24)27-12-17(25)21-18(13(2)3)14-8-10-16(26-4)11-9-14/h8-11,13,15,18H,5-7,12H2,1-4H3,(H,21,25)/t18-/m1/s1. The van der Waals surface area contributed by atoms with Crippen molar-refractivity contribution in [2.75, 3.05) is 12.9 Å². The van der Waals surface area contributed by atoms with Gasteiger partial charge >= 0.3 is 0 Å². The Hall–Kier alpha value is -2.02. The Morgan fingerprint density at radius 2 is 2.00 bits per heavy atom. The molecule has 1 aromatic carbocycles. The molecule has 1 saturated carbocycles. The van der Waals surface area contributed by atoms with Crippen LogP contribution in [-0.2, 0) is 11.3 Å². The second-order valence-corrected chi connectivity index (χ2v) is 8.15. The minimum Gasteiger partial charge on any atom is -0.497 e. The summed E-state index contributed by atoms with van der Waals surface area (Å²) < 4.78 is 7.36. The zero-order valence-electron chi connectivity index (χ0n) is 16.4. The summed E-state index contributed by atoms with van der Waals surface area (Å²) in [5.41, 5.74) is 1.08. The van der Waals surface area contributed by atoms with Crippen molar-refractivity contribution in [3.8, 4) is 5.75 Å². The maximum absolute atomic E-state index is 12.6. The Morgan fingerprint density at radius 3 is 2.56 bits per heavy atom. The van der Waals surface area contributed by atoms with Crippen LogP contribution in [-0.4, -0.2) is 33.5 Å². The van der Waals surface area contributed by atoms with Crippen LogP contribution in [0.4, 0.5) is 0 Å². The number of hydrogen-bond donors (Lipinski definition) is 1. The summed E-state index contributed by atoms with van der Waals surface area (Å²) in [5, 5.41) is 12.6. The molecule has 1 aliphatic carbocycles. The van der Waals surface area contributed by atoms with E-state index < -0.39 is 0 Å². The molecule has 1 aromatic heterocycles.